The maximum absolute atomic E-state index is 13.3. The van der Waals surface area contributed by atoms with Crippen molar-refractivity contribution in [3.8, 4) is 5.75 Å². The van der Waals surface area contributed by atoms with Crippen LogP contribution in [0.3, 0.4) is 0 Å². The molecule has 0 aliphatic carbocycles. The normalized spacial score (nSPS) is 24.1. The highest BCUT2D eigenvalue weighted by atomic mass is 35.5. The zero-order chi connectivity index (χ0) is 22.0. The summed E-state index contributed by atoms with van der Waals surface area (Å²) in [6, 6.07) is 4.80. The summed E-state index contributed by atoms with van der Waals surface area (Å²) >= 11 is 6.15. The minimum Gasteiger partial charge on any atom is -0.493 e. The molecule has 0 saturated carbocycles. The Morgan fingerprint density at radius 1 is 1.26 bits per heavy atom. The first-order chi connectivity index (χ1) is 14.9. The number of hydrogen-bond donors (Lipinski definition) is 1. The Hall–Kier alpha value is -2.32. The predicted octanol–water partition coefficient (Wildman–Crippen LogP) is 2.68. The monoisotopic (exact) mass is 449 g/mol. The molecule has 2 fully saturated rings. The lowest BCUT2D eigenvalue weighted by molar-refractivity contribution is -0.148. The van der Waals surface area contributed by atoms with E-state index in [2.05, 4.69) is 10.2 Å². The van der Waals surface area contributed by atoms with Crippen LogP contribution < -0.4 is 10.1 Å². The fourth-order valence-corrected chi connectivity index (χ4v) is 4.85. The van der Waals surface area contributed by atoms with Crippen molar-refractivity contribution in [3.63, 3.8) is 0 Å². The van der Waals surface area contributed by atoms with Crippen molar-refractivity contribution in [3.05, 3.63) is 28.8 Å². The maximum atomic E-state index is 13.3. The van der Waals surface area contributed by atoms with Gasteiger partial charge in [-0.15, -0.1) is 0 Å². The number of ether oxygens (including phenoxy) is 2. The number of nitrogens with one attached hydrogen (secondary N) is 1. The average molecular weight is 450 g/mol. The van der Waals surface area contributed by atoms with Gasteiger partial charge >= 0.3 is 12.0 Å². The summed E-state index contributed by atoms with van der Waals surface area (Å²) in [4.78, 5) is 40.6. The number of nitrogens with zero attached hydrogens (tertiary/aromatic N) is 2. The minimum absolute atomic E-state index is 0.0201. The molecule has 1 aromatic rings. The van der Waals surface area contributed by atoms with E-state index < -0.39 is 5.54 Å². The number of unbranched alkanes of at least 4 members (excludes halogenated alkanes) is 1. The number of benzene rings is 1. The Kier molecular flexibility index (Phi) is 6.39. The third kappa shape index (κ3) is 4.50. The lowest BCUT2D eigenvalue weighted by Gasteiger charge is -2.33. The van der Waals surface area contributed by atoms with Gasteiger partial charge in [-0.2, -0.15) is 0 Å². The van der Waals surface area contributed by atoms with Crippen molar-refractivity contribution in [2.45, 2.75) is 50.7 Å². The molecule has 1 N–H and O–H groups in total. The summed E-state index contributed by atoms with van der Waals surface area (Å²) in [6.07, 6.45) is 3.72. The van der Waals surface area contributed by atoms with Crippen LogP contribution in [0.5, 0.6) is 5.75 Å². The molecule has 9 heteroatoms. The molecule has 0 radical (unpaired) electrons. The lowest BCUT2D eigenvalue weighted by atomic mass is 9.84. The van der Waals surface area contributed by atoms with Gasteiger partial charge in [-0.1, -0.05) is 11.6 Å². The van der Waals surface area contributed by atoms with Crippen LogP contribution in [0.15, 0.2) is 18.2 Å². The van der Waals surface area contributed by atoms with E-state index in [9.17, 15) is 14.4 Å². The van der Waals surface area contributed by atoms with E-state index in [-0.39, 0.29) is 24.0 Å². The van der Waals surface area contributed by atoms with Crippen molar-refractivity contribution in [2.24, 2.45) is 0 Å². The fraction of sp³-hybridized carbons (Fsp3) is 0.591. The Balaban J connectivity index is 1.29. The summed E-state index contributed by atoms with van der Waals surface area (Å²) in [5.74, 6) is 0.133. The van der Waals surface area contributed by atoms with Crippen LogP contribution in [-0.4, -0.2) is 66.6 Å². The van der Waals surface area contributed by atoms with Gasteiger partial charge < -0.3 is 19.7 Å². The van der Waals surface area contributed by atoms with E-state index in [0.29, 0.717) is 35.9 Å². The van der Waals surface area contributed by atoms with Crippen LogP contribution in [0.25, 0.3) is 0 Å². The Morgan fingerprint density at radius 2 is 2.00 bits per heavy atom. The van der Waals surface area contributed by atoms with Crippen LogP contribution in [0.4, 0.5) is 4.79 Å². The number of imide groups is 1. The number of carbonyl (C=O) groups excluding carboxylic acids is 3. The lowest BCUT2D eigenvalue weighted by Crippen LogP contribution is -2.47. The zero-order valence-corrected chi connectivity index (χ0v) is 18.5. The van der Waals surface area contributed by atoms with Gasteiger partial charge in [0.1, 0.15) is 11.9 Å². The number of amides is 3. The highest BCUT2D eigenvalue weighted by Gasteiger charge is 2.54. The third-order valence-corrected chi connectivity index (χ3v) is 6.52. The summed E-state index contributed by atoms with van der Waals surface area (Å²) in [7, 11) is 0. The SMILES string of the molecule is CC(=O)OC1CCN(CCCCN2C(=O)NC3(CCOc4ccc(Cl)cc43)C2=O)CC1. The van der Waals surface area contributed by atoms with E-state index >= 15 is 0 Å². The minimum atomic E-state index is -1.09. The maximum Gasteiger partial charge on any atom is 0.325 e. The fourth-order valence-electron chi connectivity index (χ4n) is 4.68. The van der Waals surface area contributed by atoms with Crippen LogP contribution in [0.2, 0.25) is 5.02 Å². The Bertz CT molecular complexity index is 871. The number of likely N-dealkylation sites (tertiary alicyclic amines) is 1. The predicted molar refractivity (Wildman–Crippen MR) is 114 cm³/mol. The zero-order valence-electron chi connectivity index (χ0n) is 17.7. The molecule has 0 bridgehead atoms. The molecule has 168 valence electrons. The molecule has 1 unspecified atom stereocenters. The first-order valence-corrected chi connectivity index (χ1v) is 11.2. The van der Waals surface area contributed by atoms with Gasteiger partial charge in [-0.05, 0) is 50.4 Å². The van der Waals surface area contributed by atoms with Crippen molar-refractivity contribution in [1.29, 1.82) is 0 Å². The number of esters is 1. The molecule has 8 nitrogen and oxygen atoms in total. The van der Waals surface area contributed by atoms with Gasteiger partial charge in [0.05, 0.1) is 6.61 Å². The number of carbonyl (C=O) groups is 3. The molecule has 0 aromatic heterocycles. The number of urea groups is 1. The number of fused-ring (bicyclic) bond motifs is 2. The highest BCUT2D eigenvalue weighted by molar-refractivity contribution is 6.30. The second-order valence-electron chi connectivity index (χ2n) is 8.39. The third-order valence-electron chi connectivity index (χ3n) is 6.29. The molecule has 1 aromatic carbocycles. The molecule has 31 heavy (non-hydrogen) atoms. The Labute approximate surface area is 186 Å². The number of rotatable bonds is 6. The first kappa shape index (κ1) is 21.9. The molecule has 1 atom stereocenters. The van der Waals surface area contributed by atoms with Crippen LogP contribution in [0.1, 0.15) is 44.6 Å². The van der Waals surface area contributed by atoms with E-state index in [1.165, 1.54) is 11.8 Å². The van der Waals surface area contributed by atoms with E-state index in [1.807, 2.05) is 0 Å². The van der Waals surface area contributed by atoms with Crippen molar-refractivity contribution in [1.82, 2.24) is 15.1 Å². The molecule has 3 aliphatic rings. The number of halogens is 1. The second kappa shape index (κ2) is 9.04. The molecular formula is C22H28ClN3O5. The molecule has 3 amide bonds. The van der Waals surface area contributed by atoms with Gasteiger partial charge in [0.25, 0.3) is 5.91 Å². The largest absolute Gasteiger partial charge is 0.493 e. The molecule has 3 heterocycles. The topological polar surface area (TPSA) is 88.2 Å². The molecule has 4 rings (SSSR count). The molecule has 2 saturated heterocycles. The van der Waals surface area contributed by atoms with Gasteiger partial charge in [-0.25, -0.2) is 4.79 Å². The van der Waals surface area contributed by atoms with Crippen molar-refractivity contribution < 1.29 is 23.9 Å². The van der Waals surface area contributed by atoms with Crippen LogP contribution >= 0.6 is 11.6 Å². The molecule has 1 spiro atoms. The van der Waals surface area contributed by atoms with Gasteiger partial charge in [0.2, 0.25) is 0 Å². The van der Waals surface area contributed by atoms with E-state index in [0.717, 1.165) is 45.3 Å². The Morgan fingerprint density at radius 3 is 2.74 bits per heavy atom. The van der Waals surface area contributed by atoms with E-state index in [1.54, 1.807) is 18.2 Å². The quantitative estimate of drug-likeness (QED) is 0.408. The van der Waals surface area contributed by atoms with Crippen molar-refractivity contribution in [2.75, 3.05) is 32.8 Å². The molecular weight excluding hydrogens is 422 g/mol. The highest BCUT2D eigenvalue weighted by Crippen LogP contribution is 2.42. The average Bonchev–Trinajstić information content (AvgIpc) is 2.97. The van der Waals surface area contributed by atoms with Gasteiger partial charge in [0.15, 0.2) is 5.54 Å². The van der Waals surface area contributed by atoms with Gasteiger partial charge in [0, 0.05) is 43.6 Å². The first-order valence-electron chi connectivity index (χ1n) is 10.9. The standard InChI is InChI=1S/C22H28ClN3O5/c1-15(27)31-17-6-11-25(12-7-17)9-2-3-10-26-20(28)22(24-21(26)29)8-13-30-19-5-4-16(23)14-18(19)22/h4-5,14,17H,2-3,6-13H2,1H3,(H,24,29). The van der Waals surface area contributed by atoms with Gasteiger partial charge in [-0.3, -0.25) is 14.5 Å². The smallest absolute Gasteiger partial charge is 0.325 e. The summed E-state index contributed by atoms with van der Waals surface area (Å²) in [5.41, 5.74) is -0.462. The summed E-state index contributed by atoms with van der Waals surface area (Å²) in [6.45, 7) is 4.86. The van der Waals surface area contributed by atoms with Crippen LogP contribution in [-0.2, 0) is 19.9 Å². The summed E-state index contributed by atoms with van der Waals surface area (Å²) < 4.78 is 10.9. The number of hydrogen-bond acceptors (Lipinski definition) is 6. The second-order valence-corrected chi connectivity index (χ2v) is 8.83. The molecule has 3 aliphatic heterocycles. The van der Waals surface area contributed by atoms with E-state index in [4.69, 9.17) is 21.1 Å². The van der Waals surface area contributed by atoms with Crippen LogP contribution in [0, 0.1) is 0 Å². The summed E-state index contributed by atoms with van der Waals surface area (Å²) in [5, 5.41) is 3.41. The van der Waals surface area contributed by atoms with Crippen molar-refractivity contribution >= 4 is 29.5 Å². The number of piperidine rings is 1.